The van der Waals surface area contributed by atoms with Crippen LogP contribution in [0, 0.1) is 10.1 Å². The molecule has 82 valence electrons. The molecule has 0 amide bonds. The van der Waals surface area contributed by atoms with E-state index in [1.807, 2.05) is 13.8 Å². The van der Waals surface area contributed by atoms with E-state index in [1.165, 1.54) is 12.1 Å². The molecule has 0 saturated carbocycles. The molecule has 1 aromatic rings. The Hall–Kier alpha value is -1.07. The molecule has 0 aliphatic heterocycles. The van der Waals surface area contributed by atoms with Crippen molar-refractivity contribution in [3.8, 4) is 0 Å². The summed E-state index contributed by atoms with van der Waals surface area (Å²) in [6.45, 7) is 3.74. The third-order valence-corrected chi connectivity index (χ3v) is 3.63. The summed E-state index contributed by atoms with van der Waals surface area (Å²) in [6.07, 6.45) is 0. The van der Waals surface area contributed by atoms with Crippen LogP contribution in [0.4, 0.5) is 5.69 Å². The second-order valence-corrected chi connectivity index (χ2v) is 5.49. The van der Waals surface area contributed by atoms with Crippen LogP contribution in [0.1, 0.15) is 19.4 Å². The molecule has 1 aromatic carbocycles. The van der Waals surface area contributed by atoms with Crippen LogP contribution in [0.25, 0.3) is 0 Å². The van der Waals surface area contributed by atoms with Crippen LogP contribution in [-0.4, -0.2) is 14.7 Å². The topological polar surface area (TPSA) is 66.2 Å². The van der Waals surface area contributed by atoms with Crippen molar-refractivity contribution in [1.82, 2.24) is 0 Å². The number of nitrogens with zero attached hydrogens (tertiary/aromatic N) is 1. The lowest BCUT2D eigenvalue weighted by molar-refractivity contribution is -0.384. The molecule has 0 aromatic heterocycles. The minimum atomic E-state index is -0.967. The highest BCUT2D eigenvalue weighted by Crippen LogP contribution is 2.16. The highest BCUT2D eigenvalue weighted by Gasteiger charge is 2.14. The van der Waals surface area contributed by atoms with Gasteiger partial charge in [-0.1, -0.05) is 12.1 Å². The quantitative estimate of drug-likeness (QED) is 0.450. The molecule has 1 atom stereocenters. The van der Waals surface area contributed by atoms with Gasteiger partial charge < -0.3 is 4.55 Å². The monoisotopic (exact) mass is 227 g/mol. The van der Waals surface area contributed by atoms with Crippen molar-refractivity contribution in [3.05, 3.63) is 39.9 Å². The third kappa shape index (κ3) is 3.53. The standard InChI is InChI=1S/C10H13NO3S/c1-8(2)15(14)7-9-4-3-5-10(6-9)11(12)13/h3-6,8H,7H2,1-2H3. The van der Waals surface area contributed by atoms with E-state index in [0.29, 0.717) is 5.75 Å². The lowest BCUT2D eigenvalue weighted by Crippen LogP contribution is -2.16. The molecule has 1 unspecified atom stereocenters. The summed E-state index contributed by atoms with van der Waals surface area (Å²) < 4.78 is 11.5. The Morgan fingerprint density at radius 3 is 2.67 bits per heavy atom. The summed E-state index contributed by atoms with van der Waals surface area (Å²) in [7, 11) is 0. The van der Waals surface area contributed by atoms with E-state index < -0.39 is 16.1 Å². The maximum atomic E-state index is 11.5. The molecule has 0 bridgehead atoms. The molecule has 0 radical (unpaired) electrons. The van der Waals surface area contributed by atoms with E-state index in [4.69, 9.17) is 0 Å². The van der Waals surface area contributed by atoms with Crippen LogP contribution in [0.3, 0.4) is 0 Å². The van der Waals surface area contributed by atoms with Gasteiger partial charge in [0.25, 0.3) is 5.69 Å². The second kappa shape index (κ2) is 5.14. The molecule has 0 aliphatic rings. The fourth-order valence-corrected chi connectivity index (χ4v) is 1.93. The normalized spacial score (nSPS) is 12.8. The molecule has 4 nitrogen and oxygen atoms in total. The van der Waals surface area contributed by atoms with Gasteiger partial charge in [-0.3, -0.25) is 10.1 Å². The van der Waals surface area contributed by atoms with Crippen LogP contribution in [-0.2, 0) is 16.9 Å². The molecule has 0 fully saturated rings. The highest BCUT2D eigenvalue weighted by molar-refractivity contribution is 7.91. The zero-order valence-electron chi connectivity index (χ0n) is 8.67. The minimum absolute atomic E-state index is 0.0493. The lowest BCUT2D eigenvalue weighted by Gasteiger charge is -2.14. The zero-order valence-corrected chi connectivity index (χ0v) is 9.49. The van der Waals surface area contributed by atoms with E-state index in [2.05, 4.69) is 0 Å². The van der Waals surface area contributed by atoms with E-state index in [-0.39, 0.29) is 10.9 Å². The molecule has 0 N–H and O–H groups in total. The molecule has 5 heteroatoms. The summed E-state index contributed by atoms with van der Waals surface area (Å²) in [5.41, 5.74) is 0.796. The Morgan fingerprint density at radius 1 is 1.47 bits per heavy atom. The minimum Gasteiger partial charge on any atom is -0.616 e. The van der Waals surface area contributed by atoms with Gasteiger partial charge in [-0.05, 0) is 25.0 Å². The number of hydrogen-bond donors (Lipinski definition) is 0. The second-order valence-electron chi connectivity index (χ2n) is 3.50. The fourth-order valence-electron chi connectivity index (χ4n) is 1.09. The first-order chi connectivity index (χ1) is 7.00. The molecule has 0 aliphatic carbocycles. The Morgan fingerprint density at radius 2 is 2.13 bits per heavy atom. The van der Waals surface area contributed by atoms with Crippen LogP contribution >= 0.6 is 0 Å². The number of nitro groups is 1. The van der Waals surface area contributed by atoms with Crippen molar-refractivity contribution >= 4 is 16.9 Å². The van der Waals surface area contributed by atoms with Gasteiger partial charge in [0, 0.05) is 17.7 Å². The van der Waals surface area contributed by atoms with Crippen molar-refractivity contribution in [2.45, 2.75) is 24.9 Å². The maximum Gasteiger partial charge on any atom is 0.269 e. The van der Waals surface area contributed by atoms with Gasteiger partial charge in [0.05, 0.1) is 4.92 Å². The van der Waals surface area contributed by atoms with Gasteiger partial charge >= 0.3 is 0 Å². The largest absolute Gasteiger partial charge is 0.616 e. The Kier molecular flexibility index (Phi) is 4.11. The summed E-state index contributed by atoms with van der Waals surface area (Å²) in [6, 6.07) is 6.28. The van der Waals surface area contributed by atoms with Crippen LogP contribution in [0.2, 0.25) is 0 Å². The molecule has 15 heavy (non-hydrogen) atoms. The first-order valence-corrected chi connectivity index (χ1v) is 5.99. The number of benzene rings is 1. The zero-order chi connectivity index (χ0) is 11.4. The van der Waals surface area contributed by atoms with Crippen molar-refractivity contribution in [3.63, 3.8) is 0 Å². The van der Waals surface area contributed by atoms with Gasteiger partial charge in [0.15, 0.2) is 0 Å². The molecule has 1 rings (SSSR count). The smallest absolute Gasteiger partial charge is 0.269 e. The number of rotatable bonds is 4. The SMILES string of the molecule is CC(C)[S+]([O-])Cc1cccc([N+](=O)[O-])c1. The average Bonchev–Trinajstić information content (AvgIpc) is 2.18. The molecule has 0 spiro atoms. The lowest BCUT2D eigenvalue weighted by atomic mass is 10.2. The fraction of sp³-hybridized carbons (Fsp3) is 0.400. The predicted molar refractivity (Wildman–Crippen MR) is 60.1 cm³/mol. The number of hydrogen-bond acceptors (Lipinski definition) is 3. The highest BCUT2D eigenvalue weighted by atomic mass is 32.2. The van der Waals surface area contributed by atoms with E-state index in [9.17, 15) is 14.7 Å². The predicted octanol–water partition coefficient (Wildman–Crippen LogP) is 2.25. The molecule has 0 saturated heterocycles. The summed E-state index contributed by atoms with van der Waals surface area (Å²) >= 11 is -0.967. The van der Waals surface area contributed by atoms with E-state index in [1.54, 1.807) is 12.1 Å². The Labute approximate surface area is 91.6 Å². The number of nitro benzene ring substituents is 1. The first kappa shape index (κ1) is 12.0. The molecule has 0 heterocycles. The maximum absolute atomic E-state index is 11.5. The summed E-state index contributed by atoms with van der Waals surface area (Å²) in [5, 5.41) is 10.6. The van der Waals surface area contributed by atoms with Crippen molar-refractivity contribution < 1.29 is 9.48 Å². The summed E-state index contributed by atoms with van der Waals surface area (Å²) in [4.78, 5) is 10.1. The first-order valence-electron chi connectivity index (χ1n) is 4.61. The third-order valence-electron chi connectivity index (χ3n) is 1.96. The van der Waals surface area contributed by atoms with Gasteiger partial charge in [0.1, 0.15) is 11.0 Å². The molecular formula is C10H13NO3S. The van der Waals surface area contributed by atoms with Crippen molar-refractivity contribution in [2.75, 3.05) is 0 Å². The van der Waals surface area contributed by atoms with Crippen LogP contribution in [0.15, 0.2) is 24.3 Å². The Balaban J connectivity index is 2.78. The van der Waals surface area contributed by atoms with Gasteiger partial charge in [-0.2, -0.15) is 0 Å². The van der Waals surface area contributed by atoms with Crippen LogP contribution < -0.4 is 0 Å². The van der Waals surface area contributed by atoms with Gasteiger partial charge in [0.2, 0.25) is 0 Å². The van der Waals surface area contributed by atoms with Crippen molar-refractivity contribution in [2.24, 2.45) is 0 Å². The average molecular weight is 227 g/mol. The molecular weight excluding hydrogens is 214 g/mol. The van der Waals surface area contributed by atoms with Gasteiger partial charge in [-0.25, -0.2) is 0 Å². The van der Waals surface area contributed by atoms with Crippen molar-refractivity contribution in [1.29, 1.82) is 0 Å². The van der Waals surface area contributed by atoms with E-state index >= 15 is 0 Å². The Bertz CT molecular complexity index is 354. The van der Waals surface area contributed by atoms with E-state index in [0.717, 1.165) is 5.56 Å². The summed E-state index contributed by atoms with van der Waals surface area (Å²) in [5.74, 6) is 0.374. The van der Waals surface area contributed by atoms with Gasteiger partial charge in [-0.15, -0.1) is 0 Å². The number of non-ortho nitro benzene ring substituents is 1. The van der Waals surface area contributed by atoms with Crippen LogP contribution in [0.5, 0.6) is 0 Å².